The normalized spacial score (nSPS) is 24.4. The van der Waals surface area contributed by atoms with Crippen LogP contribution in [0.1, 0.15) is 49.7 Å². The van der Waals surface area contributed by atoms with Gasteiger partial charge in [-0.1, -0.05) is 12.1 Å². The topological polar surface area (TPSA) is 384 Å². The first kappa shape index (κ1) is 45.7. The van der Waals surface area contributed by atoms with E-state index >= 15 is 0 Å². The van der Waals surface area contributed by atoms with Crippen LogP contribution in [0, 0.1) is 0 Å². The smallest absolute Gasteiger partial charge is 0.332 e. The maximum absolute atomic E-state index is 13.7. The standard InChI is InChI=1S/C38H39N3O21/c1-14(42)58-13-25-29(49)30(50)31(51)32(62-25)15-8-18(28(48)24(45)9-15)35(54)41-21-12-61-37(56)19(39-33(52)16-4-2-6-22(43)26(16)46)10-59-36(55)20(11-60-38(21)57)40-34(53)17-5-3-7-23(44)27(17)47/h2-9,19-21,25,29-32,43-51H,10-13H2,1H3,(H,39,52)(H,40,53)(H,41,54)/t19-,20-,21-,25?,29+,30-,31?,32-/m0/s1. The first-order chi connectivity index (χ1) is 29.3. The number of phenolic OH excluding ortho intramolecular Hbond substituents is 6. The Morgan fingerprint density at radius 2 is 1.02 bits per heavy atom. The number of esters is 4. The number of rotatable bonds is 9. The molecule has 0 saturated carbocycles. The van der Waals surface area contributed by atoms with Crippen LogP contribution in [0.5, 0.6) is 34.5 Å². The van der Waals surface area contributed by atoms with Crippen LogP contribution in [0.4, 0.5) is 0 Å². The van der Waals surface area contributed by atoms with Gasteiger partial charge >= 0.3 is 23.9 Å². The molecule has 2 aliphatic rings. The summed E-state index contributed by atoms with van der Waals surface area (Å²) in [7, 11) is 0. The summed E-state index contributed by atoms with van der Waals surface area (Å²) < 4.78 is 25.9. The lowest BCUT2D eigenvalue weighted by atomic mass is 9.90. The van der Waals surface area contributed by atoms with Crippen molar-refractivity contribution < 1.29 is 103 Å². The second-order valence-corrected chi connectivity index (χ2v) is 13.6. The summed E-state index contributed by atoms with van der Waals surface area (Å²) in [6, 6.07) is 2.24. The first-order valence-corrected chi connectivity index (χ1v) is 18.1. The average Bonchev–Trinajstić information content (AvgIpc) is 3.23. The zero-order chi connectivity index (χ0) is 45.6. The highest BCUT2D eigenvalue weighted by molar-refractivity contribution is 6.02. The van der Waals surface area contributed by atoms with Gasteiger partial charge in [-0.05, 0) is 42.0 Å². The predicted octanol–water partition coefficient (Wildman–Crippen LogP) is -2.66. The molecule has 0 spiro atoms. The van der Waals surface area contributed by atoms with Crippen molar-refractivity contribution in [1.82, 2.24) is 16.0 Å². The van der Waals surface area contributed by atoms with Crippen LogP contribution in [-0.4, -0.2) is 157 Å². The number of aromatic hydroxyl groups is 6. The van der Waals surface area contributed by atoms with Crippen molar-refractivity contribution in [2.24, 2.45) is 0 Å². The van der Waals surface area contributed by atoms with Gasteiger partial charge < -0.3 is 85.6 Å². The minimum atomic E-state index is -2.06. The number of aliphatic hydroxyl groups excluding tert-OH is 3. The van der Waals surface area contributed by atoms with E-state index in [2.05, 4.69) is 16.0 Å². The zero-order valence-corrected chi connectivity index (χ0v) is 32.0. The summed E-state index contributed by atoms with van der Waals surface area (Å²) >= 11 is 0. The fraction of sp³-hybridized carbons (Fsp3) is 0.342. The number of phenols is 6. The molecule has 2 saturated heterocycles. The van der Waals surface area contributed by atoms with E-state index in [0.29, 0.717) is 0 Å². The fourth-order valence-corrected chi connectivity index (χ4v) is 5.98. The van der Waals surface area contributed by atoms with Gasteiger partial charge in [-0.2, -0.15) is 0 Å². The maximum Gasteiger partial charge on any atom is 0.332 e. The molecule has 2 aliphatic heterocycles. The molecule has 5 rings (SSSR count). The molecule has 24 nitrogen and oxygen atoms in total. The molecule has 2 heterocycles. The molecule has 332 valence electrons. The van der Waals surface area contributed by atoms with Gasteiger partial charge in [0.1, 0.15) is 56.9 Å². The number of cyclic esters (lactones) is 3. The molecule has 0 bridgehead atoms. The van der Waals surface area contributed by atoms with Crippen LogP contribution in [0.15, 0.2) is 48.5 Å². The lowest BCUT2D eigenvalue weighted by molar-refractivity contribution is -0.234. The summed E-state index contributed by atoms with van der Waals surface area (Å²) in [6.07, 6.45) is -8.71. The number of amides is 3. The minimum absolute atomic E-state index is 0.296. The number of carbonyl (C=O) groups excluding carboxylic acids is 7. The van der Waals surface area contributed by atoms with Gasteiger partial charge in [0.25, 0.3) is 17.7 Å². The number of benzene rings is 3. The van der Waals surface area contributed by atoms with Crippen molar-refractivity contribution in [1.29, 1.82) is 0 Å². The maximum atomic E-state index is 13.7. The van der Waals surface area contributed by atoms with Gasteiger partial charge in [-0.3, -0.25) is 19.2 Å². The van der Waals surface area contributed by atoms with E-state index in [1.807, 2.05) is 0 Å². The Kier molecular flexibility index (Phi) is 14.2. The van der Waals surface area contributed by atoms with E-state index in [0.717, 1.165) is 43.3 Å². The quantitative estimate of drug-likeness (QED) is 0.0593. The Morgan fingerprint density at radius 3 is 1.45 bits per heavy atom. The highest BCUT2D eigenvalue weighted by atomic mass is 16.6. The Morgan fingerprint density at radius 1 is 0.597 bits per heavy atom. The molecular formula is C38H39N3O21. The fourth-order valence-electron chi connectivity index (χ4n) is 5.98. The predicted molar refractivity (Wildman–Crippen MR) is 198 cm³/mol. The lowest BCUT2D eigenvalue weighted by Gasteiger charge is -2.40. The third-order valence-corrected chi connectivity index (χ3v) is 9.31. The van der Waals surface area contributed by atoms with Gasteiger partial charge in [0.05, 0.1) is 16.7 Å². The van der Waals surface area contributed by atoms with Crippen LogP contribution >= 0.6 is 0 Å². The van der Waals surface area contributed by atoms with Crippen LogP contribution in [-0.2, 0) is 42.9 Å². The van der Waals surface area contributed by atoms with Crippen LogP contribution in [0.3, 0.4) is 0 Å². The van der Waals surface area contributed by atoms with Crippen molar-refractivity contribution in [2.45, 2.75) is 55.6 Å². The van der Waals surface area contributed by atoms with Gasteiger partial charge in [-0.15, -0.1) is 0 Å². The molecule has 3 aromatic carbocycles. The molecule has 0 aromatic heterocycles. The molecule has 3 aromatic rings. The Labute approximate surface area is 347 Å². The summed E-state index contributed by atoms with van der Waals surface area (Å²) in [5.41, 5.74) is -2.23. The number of carbonyl (C=O) groups is 7. The summed E-state index contributed by atoms with van der Waals surface area (Å²) in [4.78, 5) is 91.4. The van der Waals surface area contributed by atoms with E-state index in [4.69, 9.17) is 23.7 Å². The molecule has 2 fully saturated rings. The monoisotopic (exact) mass is 873 g/mol. The Hall–Kier alpha value is -7.41. The number of para-hydroxylation sites is 2. The van der Waals surface area contributed by atoms with Crippen molar-refractivity contribution in [3.63, 3.8) is 0 Å². The Bertz CT molecular complexity index is 2190. The third-order valence-electron chi connectivity index (χ3n) is 9.31. The van der Waals surface area contributed by atoms with E-state index in [1.54, 1.807) is 0 Å². The highest BCUT2D eigenvalue weighted by Gasteiger charge is 2.45. The van der Waals surface area contributed by atoms with Crippen molar-refractivity contribution in [3.05, 3.63) is 70.8 Å². The summed E-state index contributed by atoms with van der Waals surface area (Å²) in [6.45, 7) is -2.77. The SMILES string of the molecule is CC(=O)OCC1O[C@@H](c2cc(O)c(O)c(C(=O)N[C@H]3COC(=O)[C@@H](NC(=O)c4cccc(O)c4O)COC(=O)[C@@H](NC(=O)c4cccc(O)c4O)COC3=O)c2)C(O)[C@@H](O)[C@@H]1O. The first-order valence-electron chi connectivity index (χ1n) is 18.1. The zero-order valence-electron chi connectivity index (χ0n) is 32.0. The number of ether oxygens (including phenoxy) is 5. The molecule has 12 N–H and O–H groups in total. The molecule has 3 amide bonds. The van der Waals surface area contributed by atoms with E-state index in [-0.39, 0.29) is 5.56 Å². The van der Waals surface area contributed by atoms with Gasteiger partial charge in [-0.25, -0.2) is 14.4 Å². The highest BCUT2D eigenvalue weighted by Crippen LogP contribution is 2.39. The Balaban J connectivity index is 1.44. The number of hydrogen-bond acceptors (Lipinski definition) is 21. The molecule has 62 heavy (non-hydrogen) atoms. The summed E-state index contributed by atoms with van der Waals surface area (Å²) in [5, 5.41) is 99.4. The van der Waals surface area contributed by atoms with Crippen molar-refractivity contribution in [2.75, 3.05) is 26.4 Å². The number of hydrogen-bond donors (Lipinski definition) is 12. The molecule has 0 radical (unpaired) electrons. The van der Waals surface area contributed by atoms with Crippen LogP contribution in [0.25, 0.3) is 0 Å². The van der Waals surface area contributed by atoms with Gasteiger partial charge in [0.2, 0.25) is 0 Å². The second kappa shape index (κ2) is 19.3. The van der Waals surface area contributed by atoms with E-state index in [1.165, 1.54) is 12.1 Å². The molecule has 0 aliphatic carbocycles. The molecular weight excluding hydrogens is 834 g/mol. The molecule has 24 heteroatoms. The van der Waals surface area contributed by atoms with E-state index in [9.17, 15) is 79.5 Å². The molecule has 2 unspecified atom stereocenters. The largest absolute Gasteiger partial charge is 0.504 e. The van der Waals surface area contributed by atoms with Crippen molar-refractivity contribution in [3.8, 4) is 34.5 Å². The number of aliphatic hydroxyl groups is 3. The van der Waals surface area contributed by atoms with Crippen LogP contribution < -0.4 is 16.0 Å². The second-order valence-electron chi connectivity index (χ2n) is 13.6. The van der Waals surface area contributed by atoms with Crippen molar-refractivity contribution >= 4 is 41.6 Å². The van der Waals surface area contributed by atoms with Crippen LogP contribution in [0.2, 0.25) is 0 Å². The third kappa shape index (κ3) is 10.3. The lowest BCUT2D eigenvalue weighted by Crippen LogP contribution is -2.55. The van der Waals surface area contributed by atoms with E-state index < -0.39 is 168 Å². The van der Waals surface area contributed by atoms with Gasteiger partial charge in [0, 0.05) is 6.92 Å². The molecule has 8 atom stereocenters. The summed E-state index contributed by atoms with van der Waals surface area (Å²) in [5.74, 6) is -14.2. The van der Waals surface area contributed by atoms with Gasteiger partial charge in [0.15, 0.2) is 52.6 Å². The number of nitrogens with one attached hydrogen (secondary N) is 3. The minimum Gasteiger partial charge on any atom is -0.504 e. The average molecular weight is 874 g/mol.